The van der Waals surface area contributed by atoms with E-state index in [4.69, 9.17) is 0 Å². The average Bonchev–Trinajstić information content (AvgIpc) is 2.74. The van der Waals surface area contributed by atoms with E-state index in [1.165, 1.54) is 12.8 Å². The Balaban J connectivity index is 1.70. The molecule has 0 radical (unpaired) electrons. The number of hydrogen-bond acceptors (Lipinski definition) is 3. The van der Waals surface area contributed by atoms with Crippen LogP contribution >= 0.6 is 0 Å². The number of hydrogen-bond donors (Lipinski definition) is 1. The third-order valence-electron chi connectivity index (χ3n) is 4.79. The summed E-state index contributed by atoms with van der Waals surface area (Å²) in [7, 11) is 0. The third-order valence-corrected chi connectivity index (χ3v) is 4.79. The van der Waals surface area contributed by atoms with Crippen molar-refractivity contribution in [2.45, 2.75) is 57.5 Å². The van der Waals surface area contributed by atoms with Crippen molar-refractivity contribution in [2.24, 2.45) is 0 Å². The van der Waals surface area contributed by atoms with Gasteiger partial charge in [0, 0.05) is 6.04 Å². The van der Waals surface area contributed by atoms with Crippen LogP contribution in [-0.2, 0) is 4.79 Å². The zero-order chi connectivity index (χ0) is 16.4. The van der Waals surface area contributed by atoms with Crippen LogP contribution in [0.5, 0.6) is 0 Å². The van der Waals surface area contributed by atoms with Crippen LogP contribution in [0.15, 0.2) is 24.3 Å². The first-order valence-electron chi connectivity index (χ1n) is 8.37. The largest absolute Gasteiger partial charge is 0.352 e. The Morgan fingerprint density at radius 3 is 2.09 bits per heavy atom. The molecule has 1 unspecified atom stereocenters. The fourth-order valence-corrected chi connectivity index (χ4v) is 3.42. The summed E-state index contributed by atoms with van der Waals surface area (Å²) in [4.78, 5) is 38.4. The van der Waals surface area contributed by atoms with Crippen LogP contribution in [0, 0.1) is 0 Å². The van der Waals surface area contributed by atoms with Gasteiger partial charge >= 0.3 is 0 Å². The number of rotatable bonds is 3. The molecule has 1 N–H and O–H groups in total. The van der Waals surface area contributed by atoms with E-state index in [9.17, 15) is 14.4 Å². The Morgan fingerprint density at radius 2 is 1.57 bits per heavy atom. The standard InChI is InChI=1S/C18H22N2O3/c1-12(16(21)19-13-8-4-2-3-5-9-13)20-17(22)14-10-6-7-11-15(14)18(20)23/h6-7,10-13H,2-5,8-9H2,1H3,(H,19,21). The Labute approximate surface area is 136 Å². The van der Waals surface area contributed by atoms with Gasteiger partial charge in [0.15, 0.2) is 0 Å². The number of imide groups is 1. The van der Waals surface area contributed by atoms with Crippen LogP contribution in [-0.4, -0.2) is 34.7 Å². The van der Waals surface area contributed by atoms with E-state index in [1.807, 2.05) is 0 Å². The highest BCUT2D eigenvalue weighted by molar-refractivity contribution is 6.22. The maximum atomic E-state index is 12.5. The molecule has 1 saturated carbocycles. The van der Waals surface area contributed by atoms with E-state index < -0.39 is 6.04 Å². The van der Waals surface area contributed by atoms with E-state index in [0.717, 1.165) is 30.6 Å². The second-order valence-corrected chi connectivity index (χ2v) is 6.40. The van der Waals surface area contributed by atoms with Gasteiger partial charge in [0.2, 0.25) is 5.91 Å². The Bertz CT molecular complexity index is 598. The SMILES string of the molecule is CC(C(=O)NC1CCCCCC1)N1C(=O)c2ccccc2C1=O. The number of amides is 3. The number of carbonyl (C=O) groups excluding carboxylic acids is 3. The van der Waals surface area contributed by atoms with Crippen LogP contribution in [0.3, 0.4) is 0 Å². The third kappa shape index (κ3) is 3.00. The minimum absolute atomic E-state index is 0.155. The zero-order valence-corrected chi connectivity index (χ0v) is 13.4. The second kappa shape index (κ2) is 6.52. The van der Waals surface area contributed by atoms with Gasteiger partial charge in [0.25, 0.3) is 11.8 Å². The van der Waals surface area contributed by atoms with Crippen molar-refractivity contribution in [1.82, 2.24) is 10.2 Å². The van der Waals surface area contributed by atoms with Crippen molar-refractivity contribution < 1.29 is 14.4 Å². The highest BCUT2D eigenvalue weighted by atomic mass is 16.2. The monoisotopic (exact) mass is 314 g/mol. The van der Waals surface area contributed by atoms with Crippen molar-refractivity contribution in [1.29, 1.82) is 0 Å². The number of benzene rings is 1. The summed E-state index contributed by atoms with van der Waals surface area (Å²) in [5, 5.41) is 3.02. The summed E-state index contributed by atoms with van der Waals surface area (Å²) in [5.41, 5.74) is 0.762. The molecule has 1 aliphatic heterocycles. The lowest BCUT2D eigenvalue weighted by Gasteiger charge is -2.24. The van der Waals surface area contributed by atoms with Gasteiger partial charge in [-0.25, -0.2) is 0 Å². The number of nitrogens with one attached hydrogen (secondary N) is 1. The molecule has 1 atom stereocenters. The first-order valence-corrected chi connectivity index (χ1v) is 8.37. The zero-order valence-electron chi connectivity index (χ0n) is 13.4. The van der Waals surface area contributed by atoms with E-state index in [-0.39, 0.29) is 23.8 Å². The lowest BCUT2D eigenvalue weighted by molar-refractivity contribution is -0.125. The van der Waals surface area contributed by atoms with Gasteiger partial charge in [0.1, 0.15) is 6.04 Å². The predicted molar refractivity (Wildman–Crippen MR) is 86.0 cm³/mol. The van der Waals surface area contributed by atoms with Crippen LogP contribution in [0.2, 0.25) is 0 Å². The van der Waals surface area contributed by atoms with Gasteiger partial charge in [-0.2, -0.15) is 0 Å². The summed E-state index contributed by atoms with van der Waals surface area (Å²) in [6, 6.07) is 6.08. The van der Waals surface area contributed by atoms with Gasteiger partial charge in [-0.05, 0) is 31.9 Å². The summed E-state index contributed by atoms with van der Waals surface area (Å²) >= 11 is 0. The maximum Gasteiger partial charge on any atom is 0.262 e. The molecular weight excluding hydrogens is 292 g/mol. The normalized spacial score (nSPS) is 20.1. The molecule has 1 heterocycles. The van der Waals surface area contributed by atoms with Crippen LogP contribution in [0.4, 0.5) is 0 Å². The fraction of sp³-hybridized carbons (Fsp3) is 0.500. The summed E-state index contributed by atoms with van der Waals surface area (Å²) in [6.07, 6.45) is 6.60. The molecule has 122 valence electrons. The topological polar surface area (TPSA) is 66.5 Å². The quantitative estimate of drug-likeness (QED) is 0.688. The smallest absolute Gasteiger partial charge is 0.262 e. The van der Waals surface area contributed by atoms with Gasteiger partial charge in [0.05, 0.1) is 11.1 Å². The van der Waals surface area contributed by atoms with Gasteiger partial charge in [-0.3, -0.25) is 19.3 Å². The molecule has 1 aromatic rings. The molecule has 0 saturated heterocycles. The minimum atomic E-state index is -0.786. The molecule has 3 rings (SSSR count). The van der Waals surface area contributed by atoms with E-state index in [0.29, 0.717) is 11.1 Å². The molecule has 2 aliphatic rings. The Hall–Kier alpha value is -2.17. The van der Waals surface area contributed by atoms with Crippen LogP contribution in [0.25, 0.3) is 0 Å². The molecule has 0 bridgehead atoms. The predicted octanol–water partition coefficient (Wildman–Crippen LogP) is 2.51. The minimum Gasteiger partial charge on any atom is -0.352 e. The molecular formula is C18H22N2O3. The van der Waals surface area contributed by atoms with Crippen LogP contribution in [0.1, 0.15) is 66.2 Å². The highest BCUT2D eigenvalue weighted by Gasteiger charge is 2.40. The van der Waals surface area contributed by atoms with E-state index >= 15 is 0 Å². The molecule has 5 heteroatoms. The van der Waals surface area contributed by atoms with Crippen molar-refractivity contribution in [2.75, 3.05) is 0 Å². The Kier molecular flexibility index (Phi) is 4.46. The van der Waals surface area contributed by atoms with Crippen molar-refractivity contribution in [3.8, 4) is 0 Å². The molecule has 1 aromatic carbocycles. The van der Waals surface area contributed by atoms with Gasteiger partial charge in [-0.1, -0.05) is 37.8 Å². The maximum absolute atomic E-state index is 12.5. The molecule has 0 spiro atoms. The lowest BCUT2D eigenvalue weighted by Crippen LogP contribution is -2.50. The summed E-state index contributed by atoms with van der Waals surface area (Å²) in [5.74, 6) is -1.00. The van der Waals surface area contributed by atoms with Crippen molar-refractivity contribution in [3.63, 3.8) is 0 Å². The average molecular weight is 314 g/mol. The summed E-state index contributed by atoms with van der Waals surface area (Å²) < 4.78 is 0. The fourth-order valence-electron chi connectivity index (χ4n) is 3.42. The van der Waals surface area contributed by atoms with Gasteiger partial charge < -0.3 is 5.32 Å². The number of fused-ring (bicyclic) bond motifs is 1. The van der Waals surface area contributed by atoms with E-state index in [1.54, 1.807) is 31.2 Å². The molecule has 0 aromatic heterocycles. The molecule has 5 nitrogen and oxygen atoms in total. The van der Waals surface area contributed by atoms with Gasteiger partial charge in [-0.15, -0.1) is 0 Å². The first kappa shape index (κ1) is 15.7. The van der Waals surface area contributed by atoms with Crippen molar-refractivity contribution >= 4 is 17.7 Å². The van der Waals surface area contributed by atoms with Crippen LogP contribution < -0.4 is 5.32 Å². The Morgan fingerprint density at radius 1 is 1.04 bits per heavy atom. The highest BCUT2D eigenvalue weighted by Crippen LogP contribution is 2.25. The molecule has 1 aliphatic carbocycles. The second-order valence-electron chi connectivity index (χ2n) is 6.40. The molecule has 1 fully saturated rings. The number of nitrogens with zero attached hydrogens (tertiary/aromatic N) is 1. The van der Waals surface area contributed by atoms with E-state index in [2.05, 4.69) is 5.32 Å². The molecule has 3 amide bonds. The van der Waals surface area contributed by atoms with Crippen molar-refractivity contribution in [3.05, 3.63) is 35.4 Å². The number of carbonyl (C=O) groups is 3. The summed E-state index contributed by atoms with van der Waals surface area (Å²) in [6.45, 7) is 1.62. The first-order chi connectivity index (χ1) is 11.1. The lowest BCUT2D eigenvalue weighted by atomic mass is 10.1. The molecule has 23 heavy (non-hydrogen) atoms.